The van der Waals surface area contributed by atoms with Crippen molar-refractivity contribution in [1.82, 2.24) is 18.7 Å². The number of nitrogens with zero attached hydrogens (tertiary/aromatic N) is 4. The number of nitrogens with two attached hydrogens (primary N) is 1. The molecule has 10 heteroatoms. The number of nitrogens with one attached hydrogen (secondary N) is 1. The fraction of sp³-hybridized carbons (Fsp3) is 0.450. The standard InChI is InChI=1S/C20H24Cl2N6O2/c1-26-16-17(25-19(26)24-13-6-4-12(23)5-7-13)27(2)20(30)28(18(16)29)10-11-3-8-14(21)15(22)9-11/h3,8-9,12-13H,4-7,10,23H2,1-2H3,(H,24,25)/t12-,13+. The van der Waals surface area contributed by atoms with Gasteiger partial charge in [-0.1, -0.05) is 29.3 Å². The van der Waals surface area contributed by atoms with Gasteiger partial charge in [-0.25, -0.2) is 4.79 Å². The van der Waals surface area contributed by atoms with Crippen molar-refractivity contribution < 1.29 is 0 Å². The number of anilines is 1. The Bertz CT molecular complexity index is 1220. The largest absolute Gasteiger partial charge is 0.353 e. The first-order valence-corrected chi connectivity index (χ1v) is 10.6. The number of hydrogen-bond acceptors (Lipinski definition) is 5. The molecule has 1 saturated carbocycles. The predicted molar refractivity (Wildman–Crippen MR) is 120 cm³/mol. The molecule has 1 aromatic carbocycles. The van der Waals surface area contributed by atoms with Crippen LogP contribution in [0, 0.1) is 0 Å². The average Bonchev–Trinajstić information content (AvgIpc) is 3.04. The minimum atomic E-state index is -0.438. The first-order valence-electron chi connectivity index (χ1n) is 9.88. The van der Waals surface area contributed by atoms with E-state index in [-0.39, 0.29) is 18.6 Å². The van der Waals surface area contributed by atoms with Crippen LogP contribution in [0.3, 0.4) is 0 Å². The van der Waals surface area contributed by atoms with E-state index in [1.807, 2.05) is 0 Å². The highest BCUT2D eigenvalue weighted by Crippen LogP contribution is 2.24. The number of fused-ring (bicyclic) bond motifs is 1. The molecule has 0 amide bonds. The van der Waals surface area contributed by atoms with Crippen LogP contribution in [0.4, 0.5) is 5.95 Å². The predicted octanol–water partition coefficient (Wildman–Crippen LogP) is 2.47. The molecule has 2 heterocycles. The lowest BCUT2D eigenvalue weighted by Crippen LogP contribution is -2.39. The minimum absolute atomic E-state index is 0.0901. The molecule has 160 valence electrons. The summed E-state index contributed by atoms with van der Waals surface area (Å²) in [5, 5.41) is 4.21. The number of rotatable bonds is 4. The first-order chi connectivity index (χ1) is 14.3. The molecule has 0 saturated heterocycles. The zero-order chi connectivity index (χ0) is 21.6. The van der Waals surface area contributed by atoms with Crippen molar-refractivity contribution in [3.63, 3.8) is 0 Å². The van der Waals surface area contributed by atoms with Gasteiger partial charge in [-0.3, -0.25) is 13.9 Å². The van der Waals surface area contributed by atoms with Gasteiger partial charge in [0.05, 0.1) is 16.6 Å². The van der Waals surface area contributed by atoms with E-state index >= 15 is 0 Å². The number of aromatic nitrogens is 4. The smallest absolute Gasteiger partial charge is 0.332 e. The van der Waals surface area contributed by atoms with Crippen LogP contribution < -0.4 is 22.3 Å². The lowest BCUT2D eigenvalue weighted by molar-refractivity contribution is 0.409. The van der Waals surface area contributed by atoms with E-state index in [9.17, 15) is 9.59 Å². The molecule has 3 N–H and O–H groups in total. The molecule has 3 aromatic rings. The maximum Gasteiger partial charge on any atom is 0.332 e. The number of benzene rings is 1. The van der Waals surface area contributed by atoms with Crippen molar-refractivity contribution >= 4 is 40.3 Å². The maximum atomic E-state index is 13.2. The summed E-state index contributed by atoms with van der Waals surface area (Å²) in [6.45, 7) is 0.0901. The van der Waals surface area contributed by atoms with Crippen molar-refractivity contribution in [3.8, 4) is 0 Å². The summed E-state index contributed by atoms with van der Waals surface area (Å²) < 4.78 is 4.31. The fourth-order valence-electron chi connectivity index (χ4n) is 3.98. The monoisotopic (exact) mass is 450 g/mol. The van der Waals surface area contributed by atoms with Crippen molar-refractivity contribution in [2.75, 3.05) is 5.32 Å². The van der Waals surface area contributed by atoms with Crippen LogP contribution in [0.2, 0.25) is 10.0 Å². The number of hydrogen-bond donors (Lipinski definition) is 2. The Morgan fingerprint density at radius 1 is 1.10 bits per heavy atom. The highest BCUT2D eigenvalue weighted by molar-refractivity contribution is 6.42. The van der Waals surface area contributed by atoms with Gasteiger partial charge in [0.1, 0.15) is 0 Å². The normalized spacial score (nSPS) is 19.4. The summed E-state index contributed by atoms with van der Waals surface area (Å²) in [5.74, 6) is 0.574. The summed E-state index contributed by atoms with van der Waals surface area (Å²) in [7, 11) is 3.40. The van der Waals surface area contributed by atoms with Gasteiger partial charge >= 0.3 is 5.69 Å². The van der Waals surface area contributed by atoms with Crippen LogP contribution in [0.1, 0.15) is 31.2 Å². The summed E-state index contributed by atoms with van der Waals surface area (Å²) in [4.78, 5) is 30.7. The zero-order valence-corrected chi connectivity index (χ0v) is 18.4. The Balaban J connectivity index is 1.74. The van der Waals surface area contributed by atoms with Crippen molar-refractivity contribution in [3.05, 3.63) is 54.6 Å². The third-order valence-electron chi connectivity index (χ3n) is 5.79. The number of halogens is 2. The van der Waals surface area contributed by atoms with Gasteiger partial charge in [-0.2, -0.15) is 4.98 Å². The Hall–Kier alpha value is -2.29. The van der Waals surface area contributed by atoms with Crippen LogP contribution in [0.15, 0.2) is 27.8 Å². The van der Waals surface area contributed by atoms with Crippen LogP contribution >= 0.6 is 23.2 Å². The van der Waals surface area contributed by atoms with Crippen LogP contribution in [0.5, 0.6) is 0 Å². The van der Waals surface area contributed by atoms with E-state index in [2.05, 4.69) is 10.3 Å². The second kappa shape index (κ2) is 8.09. The molecule has 4 rings (SSSR count). The Kier molecular flexibility index (Phi) is 5.65. The Morgan fingerprint density at radius 3 is 2.47 bits per heavy atom. The molecular weight excluding hydrogens is 427 g/mol. The van der Waals surface area contributed by atoms with Gasteiger partial charge in [0, 0.05) is 26.2 Å². The third kappa shape index (κ3) is 3.75. The molecule has 0 unspecified atom stereocenters. The second-order valence-electron chi connectivity index (χ2n) is 7.90. The van der Waals surface area contributed by atoms with Gasteiger partial charge in [0.2, 0.25) is 5.95 Å². The van der Waals surface area contributed by atoms with Gasteiger partial charge in [0.25, 0.3) is 5.56 Å². The second-order valence-corrected chi connectivity index (χ2v) is 8.72. The van der Waals surface area contributed by atoms with E-state index in [1.165, 1.54) is 9.13 Å². The van der Waals surface area contributed by atoms with Crippen molar-refractivity contribution in [2.45, 2.75) is 44.3 Å². The van der Waals surface area contributed by atoms with Crippen LogP contribution in [0.25, 0.3) is 11.2 Å². The summed E-state index contributed by atoms with van der Waals surface area (Å²) >= 11 is 12.1. The lowest BCUT2D eigenvalue weighted by Gasteiger charge is -2.27. The minimum Gasteiger partial charge on any atom is -0.353 e. The van der Waals surface area contributed by atoms with E-state index in [0.29, 0.717) is 32.7 Å². The number of imidazole rings is 1. The van der Waals surface area contributed by atoms with E-state index < -0.39 is 11.2 Å². The Labute approximate surface area is 183 Å². The maximum absolute atomic E-state index is 13.2. The lowest BCUT2D eigenvalue weighted by atomic mass is 9.92. The molecule has 0 aliphatic heterocycles. The third-order valence-corrected chi connectivity index (χ3v) is 6.53. The van der Waals surface area contributed by atoms with Crippen LogP contribution in [-0.4, -0.2) is 30.8 Å². The van der Waals surface area contributed by atoms with Gasteiger partial charge in [-0.05, 0) is 43.4 Å². The molecule has 1 fully saturated rings. The molecule has 0 atom stereocenters. The molecule has 1 aliphatic rings. The fourth-order valence-corrected chi connectivity index (χ4v) is 4.30. The summed E-state index contributed by atoms with van der Waals surface area (Å²) in [5.41, 5.74) is 6.59. The van der Waals surface area contributed by atoms with Gasteiger partial charge < -0.3 is 15.6 Å². The SMILES string of the molecule is Cn1c(N[C@H]2CC[C@@H](N)CC2)nc2c1c(=O)n(Cc1ccc(Cl)c(Cl)c1)c(=O)n2C. The molecular formula is C20H24Cl2N6O2. The molecule has 0 spiro atoms. The van der Waals surface area contributed by atoms with Gasteiger partial charge in [0.15, 0.2) is 11.2 Å². The summed E-state index contributed by atoms with van der Waals surface area (Å²) in [6, 6.07) is 5.54. The number of aryl methyl sites for hydroxylation is 2. The molecule has 0 bridgehead atoms. The van der Waals surface area contributed by atoms with Crippen molar-refractivity contribution in [1.29, 1.82) is 0 Å². The highest BCUT2D eigenvalue weighted by atomic mass is 35.5. The average molecular weight is 451 g/mol. The van der Waals surface area contributed by atoms with Crippen LogP contribution in [-0.2, 0) is 20.6 Å². The molecule has 8 nitrogen and oxygen atoms in total. The Morgan fingerprint density at radius 2 is 1.80 bits per heavy atom. The van der Waals surface area contributed by atoms with Crippen molar-refractivity contribution in [2.24, 2.45) is 19.8 Å². The molecule has 2 aromatic heterocycles. The van der Waals surface area contributed by atoms with E-state index in [4.69, 9.17) is 28.9 Å². The molecule has 1 aliphatic carbocycles. The first kappa shape index (κ1) is 21.0. The van der Waals surface area contributed by atoms with Gasteiger partial charge in [-0.15, -0.1) is 0 Å². The topological polar surface area (TPSA) is 99.9 Å². The quantitative estimate of drug-likeness (QED) is 0.635. The zero-order valence-electron chi connectivity index (χ0n) is 16.9. The molecule has 30 heavy (non-hydrogen) atoms. The van der Waals surface area contributed by atoms with E-state index in [1.54, 1.807) is 36.9 Å². The highest BCUT2D eigenvalue weighted by Gasteiger charge is 2.23. The van der Waals surface area contributed by atoms with E-state index in [0.717, 1.165) is 25.7 Å². The summed E-state index contributed by atoms with van der Waals surface area (Å²) in [6.07, 6.45) is 3.81. The molecule has 0 radical (unpaired) electrons.